The van der Waals surface area contributed by atoms with Crippen molar-refractivity contribution in [2.24, 2.45) is 23.7 Å². The number of hydrogen-bond acceptors (Lipinski definition) is 17. The Balaban J connectivity index is 0.000000119. The second kappa shape index (κ2) is 33.8. The van der Waals surface area contributed by atoms with Crippen LogP contribution in [-0.4, -0.2) is 181 Å². The molecule has 0 atom stereocenters. The molecule has 0 bridgehead atoms. The van der Waals surface area contributed by atoms with Crippen molar-refractivity contribution in [3.8, 4) is 45.0 Å². The van der Waals surface area contributed by atoms with Gasteiger partial charge in [-0.3, -0.25) is 51.4 Å². The topological polar surface area (TPSA) is 319 Å². The Morgan fingerprint density at radius 1 is 0.387 bits per heavy atom. The fourth-order valence-corrected chi connectivity index (χ4v) is 18.2. The summed E-state index contributed by atoms with van der Waals surface area (Å²) in [5, 5.41) is 11.2. The Hall–Kier alpha value is -12.0. The van der Waals surface area contributed by atoms with Crippen LogP contribution in [0, 0.1) is 53.5 Å². The third-order valence-electron chi connectivity index (χ3n) is 21.8. The smallest absolute Gasteiger partial charge is 0.253 e. The first-order valence-corrected chi connectivity index (χ1v) is 44.7. The van der Waals surface area contributed by atoms with E-state index in [0.717, 1.165) is 79.4 Å². The van der Waals surface area contributed by atoms with Gasteiger partial charge in [-0.2, -0.15) is 0 Å². The van der Waals surface area contributed by atoms with Gasteiger partial charge in [0.05, 0.1) is 82.1 Å². The lowest BCUT2D eigenvalue weighted by molar-refractivity contribution is -0.118. The number of fused-ring (bicyclic) bond motifs is 4. The molecule has 0 radical (unpaired) electrons. The molecule has 5 amide bonds. The first-order chi connectivity index (χ1) is 57.2. The van der Waals surface area contributed by atoms with Gasteiger partial charge in [0.2, 0.25) is 30.2 Å². The maximum absolute atomic E-state index is 15.1. The molecule has 3 aliphatic heterocycles. The van der Waals surface area contributed by atoms with Crippen molar-refractivity contribution in [3.05, 3.63) is 227 Å². The van der Waals surface area contributed by atoms with E-state index in [4.69, 9.17) is 6.57 Å². The standard InChI is InChI=1S/2C22H23FN4O3S.C22H22N4O4S.C19H14F2N4O/c23-18-7-8-20-24-19(25-22(28)17-5-6-17)14-27(20)21(18)16-3-1-15(2-4-16)13-26-9-11-31(29,30)12-10-26;23-18-12-15(13-26-8-10-31(29,30)11-9-26)4-7-17(18)19-2-1-3-21-24-20(14-27(19)21)25-22(28)16-5-6-16;27-21(16-6-7-16)24-19-14-26-18(2-1-3-20(26)23-19)15-4-8-17(9-5-15)22(28)25-10-12-31(29,30)13-11-25;1-22-9-11-2-5-13(15(21)8-11)18-14(20)6-7-17-23-16(10-25(17)18)24-19(26)12-3-4-12/h1-4,7-8,14,17H,5-6,9-13H2,(H,25,28);1-4,7,12,14,16H,5-6,8-11,13H2,(H,25,28);1-5,8-9,14,16H,6-7,10-13H2,(H,24,27);2,5-8,10,12H,3-4,9H2,(H,24,26). The molecule has 4 aromatic carbocycles. The molecular weight excluding hydrogens is 1590 g/mol. The van der Waals surface area contributed by atoms with Gasteiger partial charge in [0.15, 0.2) is 52.8 Å². The van der Waals surface area contributed by atoms with Crippen molar-refractivity contribution in [1.29, 1.82) is 0 Å². The van der Waals surface area contributed by atoms with Gasteiger partial charge in [0, 0.05) is 104 Å². The van der Waals surface area contributed by atoms with Crippen LogP contribution in [0.5, 0.6) is 0 Å². The van der Waals surface area contributed by atoms with Gasteiger partial charge < -0.3 is 31.0 Å². The van der Waals surface area contributed by atoms with Gasteiger partial charge in [-0.25, -0.2) is 69.3 Å². The van der Waals surface area contributed by atoms with Gasteiger partial charge in [-0.05, 0) is 153 Å². The SMILES string of the molecule is O=C(Nc1cn2c(-c3ccc(C(=O)N4CCS(=O)(=O)CC4)cc3)cccc2n1)C1CC1.O=C(Nc1cn2c(-c3ccc(CN4CCS(=O)(=O)CC4)cc3)c(F)ccc2n1)C1CC1.O=C(Nc1cn2c(-c3ccc(CN4CCS(=O)(=O)CC4)cc3F)cccc2n1)C1CC1.[C-]#[N+]Cc1ccc(-c2c(F)ccc3nc(NC(=O)C4CC4)cn23)c(F)c1. The van der Waals surface area contributed by atoms with Gasteiger partial charge in [0.1, 0.15) is 45.9 Å². The molecule has 27 nitrogen and oxygen atoms in total. The third kappa shape index (κ3) is 19.4. The Morgan fingerprint density at radius 2 is 0.756 bits per heavy atom. The lowest BCUT2D eigenvalue weighted by Gasteiger charge is -2.26. The number of nitrogens with zero attached hydrogens (tertiary/aromatic N) is 12. The van der Waals surface area contributed by atoms with Crippen molar-refractivity contribution in [2.45, 2.75) is 71.0 Å². The average Bonchev–Trinajstić information content (AvgIpc) is 1.69. The summed E-state index contributed by atoms with van der Waals surface area (Å²) in [6.07, 6.45) is 13.9. The summed E-state index contributed by atoms with van der Waals surface area (Å²) in [4.78, 5) is 87.3. The van der Waals surface area contributed by atoms with Crippen LogP contribution in [0.1, 0.15) is 78.4 Å². The summed E-state index contributed by atoms with van der Waals surface area (Å²) >= 11 is 0. The number of benzene rings is 4. The van der Waals surface area contributed by atoms with Crippen molar-refractivity contribution in [3.63, 3.8) is 0 Å². The summed E-state index contributed by atoms with van der Waals surface area (Å²) in [6, 6.07) is 41.0. The van der Waals surface area contributed by atoms with E-state index in [1.54, 1.807) is 62.6 Å². The molecule has 7 fully saturated rings. The number of hydrogen-bond donors (Lipinski definition) is 4. The zero-order valence-corrected chi connectivity index (χ0v) is 66.8. The molecule has 4 N–H and O–H groups in total. The zero-order valence-electron chi connectivity index (χ0n) is 64.3. The predicted molar refractivity (Wildman–Crippen MR) is 440 cm³/mol. The van der Waals surface area contributed by atoms with Crippen LogP contribution in [0.15, 0.2) is 170 Å². The highest BCUT2D eigenvalue weighted by molar-refractivity contribution is 7.92. The highest BCUT2D eigenvalue weighted by atomic mass is 32.2. The minimum absolute atomic E-state index is 0.0123. The highest BCUT2D eigenvalue weighted by Gasteiger charge is 2.35. The number of sulfone groups is 3. The van der Waals surface area contributed by atoms with Gasteiger partial charge in [-0.1, -0.05) is 60.7 Å². The quantitative estimate of drug-likeness (QED) is 0.0458. The molecule has 7 aliphatic rings. The molecule has 34 heteroatoms. The number of aromatic nitrogens is 8. The summed E-state index contributed by atoms with van der Waals surface area (Å²) in [5.41, 5.74) is 9.24. The lowest BCUT2D eigenvalue weighted by atomic mass is 10.1. The monoisotopic (exact) mass is 1670 g/mol. The lowest BCUT2D eigenvalue weighted by Crippen LogP contribution is -2.43. The molecule has 0 unspecified atom stereocenters. The van der Waals surface area contributed by atoms with Crippen LogP contribution in [0.25, 0.3) is 72.5 Å². The van der Waals surface area contributed by atoms with E-state index in [0.29, 0.717) is 113 Å². The van der Waals surface area contributed by atoms with Crippen molar-refractivity contribution in [1.82, 2.24) is 52.2 Å². The molecule has 4 saturated carbocycles. The molecule has 0 spiro atoms. The minimum Gasteiger partial charge on any atom is -0.337 e. The number of carbonyl (C=O) groups excluding carboxylic acids is 5. The second-order valence-corrected chi connectivity index (χ2v) is 37.8. The molecule has 11 heterocycles. The number of anilines is 4. The van der Waals surface area contributed by atoms with E-state index in [-0.39, 0.29) is 130 Å². The normalized spacial score (nSPS) is 17.5. The minimum atomic E-state index is -3.03. The molecule has 4 aliphatic carbocycles. The van der Waals surface area contributed by atoms with Crippen LogP contribution >= 0.6 is 0 Å². The average molecular weight is 1680 g/mol. The molecule has 8 aromatic heterocycles. The van der Waals surface area contributed by atoms with E-state index in [1.807, 2.05) is 88.2 Å². The number of imidazole rings is 4. The number of halogens is 4. The predicted octanol–water partition coefficient (Wildman–Crippen LogP) is 11.7. The fourth-order valence-electron chi connectivity index (χ4n) is 14.4. The Kier molecular flexibility index (Phi) is 22.9. The number of pyridine rings is 4. The van der Waals surface area contributed by atoms with Crippen molar-refractivity contribution < 1.29 is 66.8 Å². The molecule has 12 aromatic rings. The molecule has 119 heavy (non-hydrogen) atoms. The number of amides is 5. The van der Waals surface area contributed by atoms with Crippen LogP contribution in [0.2, 0.25) is 0 Å². The second-order valence-electron chi connectivity index (χ2n) is 30.9. The largest absolute Gasteiger partial charge is 0.337 e. The van der Waals surface area contributed by atoms with E-state index < -0.39 is 41.1 Å². The van der Waals surface area contributed by atoms with E-state index in [2.05, 4.69) is 50.9 Å². The van der Waals surface area contributed by atoms with Gasteiger partial charge in [-0.15, -0.1) is 0 Å². The molecule has 614 valence electrons. The first kappa shape index (κ1) is 80.7. The fraction of sp³-hybridized carbons (Fsp3) is 0.318. The van der Waals surface area contributed by atoms with E-state index >= 15 is 4.39 Å². The maximum atomic E-state index is 15.1. The van der Waals surface area contributed by atoms with Crippen molar-refractivity contribution in [2.75, 3.05) is 95.1 Å². The molecule has 3 saturated heterocycles. The van der Waals surface area contributed by atoms with Crippen molar-refractivity contribution >= 4 is 105 Å². The van der Waals surface area contributed by atoms with Crippen LogP contribution in [0.3, 0.4) is 0 Å². The summed E-state index contributed by atoms with van der Waals surface area (Å²) < 4.78 is 135. The number of nitrogens with one attached hydrogen (secondary N) is 4. The first-order valence-electron chi connectivity index (χ1n) is 39.2. The Morgan fingerprint density at radius 3 is 1.21 bits per heavy atom. The van der Waals surface area contributed by atoms with Gasteiger partial charge >= 0.3 is 0 Å². The van der Waals surface area contributed by atoms with Gasteiger partial charge in [0.25, 0.3) is 5.91 Å². The summed E-state index contributed by atoms with van der Waals surface area (Å²) in [6.45, 7) is 10.5. The number of carbonyl (C=O) groups is 5. The summed E-state index contributed by atoms with van der Waals surface area (Å²) in [5.74, 6) is 0.410. The summed E-state index contributed by atoms with van der Waals surface area (Å²) in [7, 11) is -8.87. The highest BCUT2D eigenvalue weighted by Crippen LogP contribution is 2.37. The van der Waals surface area contributed by atoms with E-state index in [9.17, 15) is 62.4 Å². The molecular formula is C85H82F4N16O11S3. The molecule has 19 rings (SSSR count). The van der Waals surface area contributed by atoms with Crippen LogP contribution in [-0.2, 0) is 68.3 Å². The zero-order chi connectivity index (χ0) is 83.0. The maximum Gasteiger partial charge on any atom is 0.253 e. The van der Waals surface area contributed by atoms with Crippen LogP contribution < -0.4 is 21.3 Å². The Labute approximate surface area is 682 Å². The van der Waals surface area contributed by atoms with Crippen LogP contribution in [0.4, 0.5) is 40.8 Å². The third-order valence-corrected chi connectivity index (χ3v) is 26.6. The van der Waals surface area contributed by atoms with E-state index in [1.165, 1.54) is 47.0 Å². The Bertz CT molecular complexity index is 6350. The number of rotatable bonds is 18.